The lowest BCUT2D eigenvalue weighted by Crippen LogP contribution is -2.41. The van der Waals surface area contributed by atoms with E-state index in [0.717, 1.165) is 11.3 Å². The van der Waals surface area contributed by atoms with Crippen LogP contribution in [0.3, 0.4) is 0 Å². The van der Waals surface area contributed by atoms with Gasteiger partial charge in [0.15, 0.2) is 0 Å². The van der Waals surface area contributed by atoms with Crippen LogP contribution in [0.25, 0.3) is 0 Å². The molecule has 1 amide bonds. The number of rotatable bonds is 4. The fourth-order valence-corrected chi connectivity index (χ4v) is 3.09. The first-order valence-electron chi connectivity index (χ1n) is 6.68. The van der Waals surface area contributed by atoms with Crippen molar-refractivity contribution >= 4 is 23.6 Å². The summed E-state index contributed by atoms with van der Waals surface area (Å²) in [5.74, 6) is 0.0518. The molecular formula is C15H19NO3S. The minimum atomic E-state index is -0.397. The summed E-state index contributed by atoms with van der Waals surface area (Å²) in [7, 11) is 1.37. The summed E-state index contributed by atoms with van der Waals surface area (Å²) < 4.78 is 4.75. The molecule has 5 heteroatoms. The van der Waals surface area contributed by atoms with Gasteiger partial charge in [-0.15, -0.1) is 11.8 Å². The number of hydrogen-bond donors (Lipinski definition) is 0. The molecule has 1 unspecified atom stereocenters. The Balaban J connectivity index is 1.91. The first kappa shape index (κ1) is 14.9. The van der Waals surface area contributed by atoms with E-state index in [1.54, 1.807) is 4.90 Å². The molecule has 0 radical (unpaired) electrons. The van der Waals surface area contributed by atoms with Crippen LogP contribution in [0.1, 0.15) is 18.4 Å². The molecule has 108 valence electrons. The number of methoxy groups -OCH3 is 1. The van der Waals surface area contributed by atoms with Crippen LogP contribution < -0.4 is 0 Å². The average Bonchev–Trinajstić information content (AvgIpc) is 2.95. The lowest BCUT2D eigenvalue weighted by Gasteiger charge is -2.22. The van der Waals surface area contributed by atoms with Gasteiger partial charge in [0.2, 0.25) is 5.91 Å². The van der Waals surface area contributed by atoms with Crippen molar-refractivity contribution in [2.24, 2.45) is 0 Å². The summed E-state index contributed by atoms with van der Waals surface area (Å²) in [6, 6.07) is 7.68. The monoisotopic (exact) mass is 293 g/mol. The zero-order valence-electron chi connectivity index (χ0n) is 11.8. The number of thioether (sulfide) groups is 1. The molecule has 0 aliphatic carbocycles. The molecule has 0 spiro atoms. The van der Waals surface area contributed by atoms with Gasteiger partial charge in [0.05, 0.1) is 12.9 Å². The van der Waals surface area contributed by atoms with Gasteiger partial charge in [-0.25, -0.2) is 4.79 Å². The first-order chi connectivity index (χ1) is 9.61. The molecule has 0 aromatic heterocycles. The molecule has 0 saturated carbocycles. The average molecular weight is 293 g/mol. The van der Waals surface area contributed by atoms with E-state index in [0.29, 0.717) is 18.7 Å². The smallest absolute Gasteiger partial charge is 0.328 e. The SMILES string of the molecule is COC(=O)C1CCCN1C(=O)CSc1ccc(C)cc1. The summed E-state index contributed by atoms with van der Waals surface area (Å²) in [5, 5.41) is 0. The second-order valence-corrected chi connectivity index (χ2v) is 5.92. The number of amides is 1. The minimum Gasteiger partial charge on any atom is -0.467 e. The number of nitrogens with zero attached hydrogens (tertiary/aromatic N) is 1. The molecule has 1 aromatic rings. The van der Waals surface area contributed by atoms with Crippen LogP contribution in [-0.4, -0.2) is 42.2 Å². The number of carbonyl (C=O) groups excluding carboxylic acids is 2. The lowest BCUT2D eigenvalue weighted by molar-refractivity contribution is -0.150. The highest BCUT2D eigenvalue weighted by Gasteiger charge is 2.34. The molecule has 20 heavy (non-hydrogen) atoms. The maximum Gasteiger partial charge on any atom is 0.328 e. The summed E-state index contributed by atoms with van der Waals surface area (Å²) in [4.78, 5) is 26.5. The second kappa shape index (κ2) is 6.79. The highest BCUT2D eigenvalue weighted by Crippen LogP contribution is 2.23. The Morgan fingerprint density at radius 1 is 1.35 bits per heavy atom. The van der Waals surface area contributed by atoms with E-state index in [4.69, 9.17) is 4.74 Å². The lowest BCUT2D eigenvalue weighted by atomic mass is 10.2. The normalized spacial score (nSPS) is 18.1. The summed E-state index contributed by atoms with van der Waals surface area (Å²) in [6.45, 7) is 2.68. The van der Waals surface area contributed by atoms with Crippen LogP contribution in [0.5, 0.6) is 0 Å². The Labute approximate surface area is 123 Å². The number of hydrogen-bond acceptors (Lipinski definition) is 4. The van der Waals surface area contributed by atoms with Crippen LogP contribution in [0.2, 0.25) is 0 Å². The van der Waals surface area contributed by atoms with Crippen molar-refractivity contribution in [2.45, 2.75) is 30.7 Å². The van der Waals surface area contributed by atoms with Gasteiger partial charge >= 0.3 is 5.97 Å². The van der Waals surface area contributed by atoms with Crippen molar-refractivity contribution in [1.82, 2.24) is 4.90 Å². The van der Waals surface area contributed by atoms with Gasteiger partial charge in [0.1, 0.15) is 6.04 Å². The third-order valence-electron chi connectivity index (χ3n) is 3.43. The molecule has 1 saturated heterocycles. The van der Waals surface area contributed by atoms with Gasteiger partial charge in [-0.3, -0.25) is 4.79 Å². The molecule has 0 bridgehead atoms. The quantitative estimate of drug-likeness (QED) is 0.631. The van der Waals surface area contributed by atoms with Crippen molar-refractivity contribution in [2.75, 3.05) is 19.4 Å². The molecular weight excluding hydrogens is 274 g/mol. The van der Waals surface area contributed by atoms with E-state index in [9.17, 15) is 9.59 Å². The summed E-state index contributed by atoms with van der Waals surface area (Å²) in [6.07, 6.45) is 1.56. The zero-order valence-corrected chi connectivity index (χ0v) is 12.6. The fraction of sp³-hybridized carbons (Fsp3) is 0.467. The number of esters is 1. The maximum atomic E-state index is 12.2. The van der Waals surface area contributed by atoms with E-state index < -0.39 is 6.04 Å². The predicted octanol–water partition coefficient (Wildman–Crippen LogP) is 2.25. The molecule has 1 fully saturated rings. The van der Waals surface area contributed by atoms with E-state index in [1.165, 1.54) is 24.4 Å². The van der Waals surface area contributed by atoms with Crippen molar-refractivity contribution in [3.63, 3.8) is 0 Å². The second-order valence-electron chi connectivity index (χ2n) is 4.87. The van der Waals surface area contributed by atoms with Crippen LogP contribution in [0, 0.1) is 6.92 Å². The fourth-order valence-electron chi connectivity index (χ4n) is 2.31. The highest BCUT2D eigenvalue weighted by atomic mass is 32.2. The standard InChI is InChI=1S/C15H19NO3S/c1-11-5-7-12(8-6-11)20-10-14(17)16-9-3-4-13(16)15(18)19-2/h5-8,13H,3-4,9-10H2,1-2H3. The molecule has 0 N–H and O–H groups in total. The molecule has 1 aliphatic heterocycles. The number of benzene rings is 1. The van der Waals surface area contributed by atoms with Crippen molar-refractivity contribution in [3.05, 3.63) is 29.8 Å². The van der Waals surface area contributed by atoms with Crippen LogP contribution in [0.15, 0.2) is 29.2 Å². The predicted molar refractivity (Wildman–Crippen MR) is 78.7 cm³/mol. The summed E-state index contributed by atoms with van der Waals surface area (Å²) in [5.41, 5.74) is 1.20. The Bertz CT molecular complexity index is 486. The van der Waals surface area contributed by atoms with E-state index in [-0.39, 0.29) is 11.9 Å². The van der Waals surface area contributed by atoms with Gasteiger partial charge in [-0.2, -0.15) is 0 Å². The Kier molecular flexibility index (Phi) is 5.06. The first-order valence-corrected chi connectivity index (χ1v) is 7.67. The molecule has 1 heterocycles. The summed E-state index contributed by atoms with van der Waals surface area (Å²) >= 11 is 1.50. The van der Waals surface area contributed by atoms with Gasteiger partial charge in [0, 0.05) is 11.4 Å². The molecule has 1 aromatic carbocycles. The van der Waals surface area contributed by atoms with Crippen molar-refractivity contribution in [3.8, 4) is 0 Å². The van der Waals surface area contributed by atoms with Gasteiger partial charge in [-0.1, -0.05) is 17.7 Å². The third-order valence-corrected chi connectivity index (χ3v) is 4.43. The largest absolute Gasteiger partial charge is 0.467 e. The number of ether oxygens (including phenoxy) is 1. The minimum absolute atomic E-state index is 0.00322. The van der Waals surface area contributed by atoms with Crippen LogP contribution >= 0.6 is 11.8 Å². The molecule has 1 aliphatic rings. The van der Waals surface area contributed by atoms with Crippen molar-refractivity contribution < 1.29 is 14.3 Å². The Morgan fingerprint density at radius 2 is 2.05 bits per heavy atom. The third kappa shape index (κ3) is 3.54. The van der Waals surface area contributed by atoms with E-state index >= 15 is 0 Å². The van der Waals surface area contributed by atoms with Crippen molar-refractivity contribution in [1.29, 1.82) is 0 Å². The number of aryl methyl sites for hydroxylation is 1. The van der Waals surface area contributed by atoms with Gasteiger partial charge in [0.25, 0.3) is 0 Å². The molecule has 1 atom stereocenters. The maximum absolute atomic E-state index is 12.2. The van der Waals surface area contributed by atoms with E-state index in [2.05, 4.69) is 0 Å². The van der Waals surface area contributed by atoms with Gasteiger partial charge in [-0.05, 0) is 31.9 Å². The van der Waals surface area contributed by atoms with E-state index in [1.807, 2.05) is 31.2 Å². The molecule has 4 nitrogen and oxygen atoms in total. The van der Waals surface area contributed by atoms with Crippen LogP contribution in [0.4, 0.5) is 0 Å². The highest BCUT2D eigenvalue weighted by molar-refractivity contribution is 8.00. The van der Waals surface area contributed by atoms with Gasteiger partial charge < -0.3 is 9.64 Å². The number of likely N-dealkylation sites (tertiary alicyclic amines) is 1. The molecule has 2 rings (SSSR count). The topological polar surface area (TPSA) is 46.6 Å². The number of carbonyl (C=O) groups is 2. The Morgan fingerprint density at radius 3 is 2.70 bits per heavy atom. The Hall–Kier alpha value is -1.49. The van der Waals surface area contributed by atoms with Crippen LogP contribution in [-0.2, 0) is 14.3 Å². The zero-order chi connectivity index (χ0) is 14.5.